The quantitative estimate of drug-likeness (QED) is 0.699. The molecule has 0 aliphatic heterocycles. The Morgan fingerprint density at radius 3 is 2.76 bits per heavy atom. The van der Waals surface area contributed by atoms with Crippen LogP contribution in [0.25, 0.3) is 0 Å². The Morgan fingerprint density at radius 2 is 2.00 bits per heavy atom. The Balaban J connectivity index is 2.12. The summed E-state index contributed by atoms with van der Waals surface area (Å²) < 4.78 is 0. The molecule has 0 aliphatic rings. The van der Waals surface area contributed by atoms with Gasteiger partial charge < -0.3 is 5.32 Å². The van der Waals surface area contributed by atoms with E-state index in [0.29, 0.717) is 11.6 Å². The summed E-state index contributed by atoms with van der Waals surface area (Å²) in [6, 6.07) is 3.61. The zero-order chi connectivity index (χ0) is 12.3. The van der Waals surface area contributed by atoms with Gasteiger partial charge in [-0.15, -0.1) is 0 Å². The van der Waals surface area contributed by atoms with Crippen LogP contribution in [0.3, 0.4) is 0 Å². The molecule has 1 heterocycles. The van der Waals surface area contributed by atoms with E-state index in [9.17, 15) is 0 Å². The van der Waals surface area contributed by atoms with Crippen LogP contribution in [-0.2, 0) is 0 Å². The molecule has 92 valence electrons. The molecule has 0 amide bonds. The number of anilines is 1. The van der Waals surface area contributed by atoms with E-state index in [4.69, 9.17) is 5.26 Å². The molecule has 4 nitrogen and oxygen atoms in total. The third kappa shape index (κ3) is 5.86. The van der Waals surface area contributed by atoms with Crippen LogP contribution >= 0.6 is 0 Å². The maximum atomic E-state index is 8.69. The third-order valence-corrected chi connectivity index (χ3v) is 2.58. The lowest BCUT2D eigenvalue weighted by atomic mass is 10.1. The fourth-order valence-electron chi connectivity index (χ4n) is 1.61. The monoisotopic (exact) mass is 232 g/mol. The van der Waals surface area contributed by atoms with E-state index in [2.05, 4.69) is 22.2 Å². The number of rotatable bonds is 8. The van der Waals surface area contributed by atoms with E-state index in [0.717, 1.165) is 13.0 Å². The molecule has 0 radical (unpaired) electrons. The number of hydrogen-bond donors (Lipinski definition) is 1. The lowest BCUT2D eigenvalue weighted by Crippen LogP contribution is -2.05. The highest BCUT2D eigenvalue weighted by Gasteiger charge is 1.97. The predicted molar refractivity (Wildman–Crippen MR) is 68.6 cm³/mol. The van der Waals surface area contributed by atoms with Crippen LogP contribution in [0, 0.1) is 11.3 Å². The van der Waals surface area contributed by atoms with Crippen molar-refractivity contribution in [2.75, 3.05) is 11.9 Å². The molecule has 0 aromatic carbocycles. The highest BCUT2D eigenvalue weighted by molar-refractivity contribution is 5.29. The normalized spacial score (nSPS) is 9.88. The molecule has 1 aromatic heterocycles. The zero-order valence-corrected chi connectivity index (χ0v) is 10.4. The van der Waals surface area contributed by atoms with Crippen LogP contribution in [0.5, 0.6) is 0 Å². The summed E-state index contributed by atoms with van der Waals surface area (Å²) in [5.41, 5.74) is 0.408. The summed E-state index contributed by atoms with van der Waals surface area (Å²) in [4.78, 5) is 8.12. The first-order valence-electron chi connectivity index (χ1n) is 6.34. The minimum atomic E-state index is 0.408. The predicted octanol–water partition coefficient (Wildman–Crippen LogP) is 3.12. The molecule has 0 unspecified atom stereocenters. The summed E-state index contributed by atoms with van der Waals surface area (Å²) in [7, 11) is 0. The van der Waals surface area contributed by atoms with Crippen LogP contribution < -0.4 is 5.32 Å². The number of nitriles is 1. The molecular formula is C13H20N4. The highest BCUT2D eigenvalue weighted by atomic mass is 15.1. The van der Waals surface area contributed by atoms with Gasteiger partial charge in [0.05, 0.1) is 0 Å². The minimum absolute atomic E-state index is 0.408. The Labute approximate surface area is 103 Å². The van der Waals surface area contributed by atoms with Crippen molar-refractivity contribution in [3.05, 3.63) is 18.0 Å². The van der Waals surface area contributed by atoms with Crippen molar-refractivity contribution in [2.24, 2.45) is 0 Å². The lowest BCUT2D eigenvalue weighted by molar-refractivity contribution is 0.616. The molecule has 0 aliphatic carbocycles. The van der Waals surface area contributed by atoms with E-state index >= 15 is 0 Å². The molecule has 0 bridgehead atoms. The van der Waals surface area contributed by atoms with Crippen LogP contribution in [-0.4, -0.2) is 16.5 Å². The average Bonchev–Trinajstić information content (AvgIpc) is 2.38. The molecule has 4 heteroatoms. The van der Waals surface area contributed by atoms with Crippen molar-refractivity contribution < 1.29 is 0 Å². The first kappa shape index (κ1) is 13.4. The summed E-state index contributed by atoms with van der Waals surface area (Å²) in [6.45, 7) is 3.10. The number of nitrogens with zero attached hydrogens (tertiary/aromatic N) is 3. The first-order valence-corrected chi connectivity index (χ1v) is 6.34. The van der Waals surface area contributed by atoms with Crippen molar-refractivity contribution in [1.29, 1.82) is 5.26 Å². The second kappa shape index (κ2) is 8.51. The molecule has 0 saturated carbocycles. The maximum absolute atomic E-state index is 8.69. The summed E-state index contributed by atoms with van der Waals surface area (Å²) >= 11 is 0. The van der Waals surface area contributed by atoms with Crippen LogP contribution in [0.4, 0.5) is 5.95 Å². The van der Waals surface area contributed by atoms with Crippen molar-refractivity contribution in [3.8, 4) is 6.07 Å². The number of nitrogens with one attached hydrogen (secondary N) is 1. The smallest absolute Gasteiger partial charge is 0.223 e. The summed E-state index contributed by atoms with van der Waals surface area (Å²) in [5, 5.41) is 11.8. The van der Waals surface area contributed by atoms with Crippen LogP contribution in [0.2, 0.25) is 0 Å². The van der Waals surface area contributed by atoms with Crippen LogP contribution in [0.15, 0.2) is 12.3 Å². The molecule has 1 rings (SSSR count). The molecule has 0 fully saturated rings. The van der Waals surface area contributed by atoms with Gasteiger partial charge in [-0.2, -0.15) is 5.26 Å². The first-order chi connectivity index (χ1) is 8.36. The van der Waals surface area contributed by atoms with E-state index < -0.39 is 0 Å². The fraction of sp³-hybridized carbons (Fsp3) is 0.615. The Kier molecular flexibility index (Phi) is 6.73. The van der Waals surface area contributed by atoms with E-state index in [-0.39, 0.29) is 0 Å². The minimum Gasteiger partial charge on any atom is -0.354 e. The van der Waals surface area contributed by atoms with Crippen molar-refractivity contribution in [2.45, 2.75) is 45.4 Å². The Hall–Kier alpha value is -1.63. The van der Waals surface area contributed by atoms with Crippen molar-refractivity contribution in [3.63, 3.8) is 0 Å². The second-order valence-electron chi connectivity index (χ2n) is 4.07. The molecular weight excluding hydrogens is 212 g/mol. The molecule has 0 spiro atoms. The standard InChI is InChI=1S/C13H20N4/c1-2-3-4-5-6-7-9-15-13-16-10-8-12(11-14)17-13/h8,10H,2-7,9H2,1H3,(H,15,16,17). The van der Waals surface area contributed by atoms with Gasteiger partial charge in [0.1, 0.15) is 11.8 Å². The van der Waals surface area contributed by atoms with Gasteiger partial charge in [-0.1, -0.05) is 39.0 Å². The average molecular weight is 232 g/mol. The molecule has 1 aromatic rings. The van der Waals surface area contributed by atoms with Gasteiger partial charge in [-0.05, 0) is 12.5 Å². The largest absolute Gasteiger partial charge is 0.354 e. The number of hydrogen-bond acceptors (Lipinski definition) is 4. The maximum Gasteiger partial charge on any atom is 0.223 e. The topological polar surface area (TPSA) is 61.6 Å². The van der Waals surface area contributed by atoms with Crippen LogP contribution in [0.1, 0.15) is 51.1 Å². The molecule has 0 saturated heterocycles. The Morgan fingerprint density at radius 1 is 1.24 bits per heavy atom. The van der Waals surface area contributed by atoms with Gasteiger partial charge in [0.15, 0.2) is 0 Å². The van der Waals surface area contributed by atoms with Gasteiger partial charge in [0.2, 0.25) is 5.95 Å². The molecule has 17 heavy (non-hydrogen) atoms. The van der Waals surface area contributed by atoms with E-state index in [1.165, 1.54) is 32.1 Å². The fourth-order valence-corrected chi connectivity index (χ4v) is 1.61. The molecule has 0 atom stereocenters. The van der Waals surface area contributed by atoms with Gasteiger partial charge in [0, 0.05) is 12.7 Å². The summed E-state index contributed by atoms with van der Waals surface area (Å²) in [6.07, 6.45) is 9.23. The zero-order valence-electron chi connectivity index (χ0n) is 10.4. The Bertz CT molecular complexity index is 357. The number of unbranched alkanes of at least 4 members (excludes halogenated alkanes) is 5. The van der Waals surface area contributed by atoms with E-state index in [1.807, 2.05) is 6.07 Å². The van der Waals surface area contributed by atoms with Crippen molar-refractivity contribution in [1.82, 2.24) is 9.97 Å². The highest BCUT2D eigenvalue weighted by Crippen LogP contribution is 2.05. The van der Waals surface area contributed by atoms with Gasteiger partial charge in [-0.3, -0.25) is 0 Å². The van der Waals surface area contributed by atoms with Crippen molar-refractivity contribution >= 4 is 5.95 Å². The number of aromatic nitrogens is 2. The van der Waals surface area contributed by atoms with E-state index in [1.54, 1.807) is 12.3 Å². The van der Waals surface area contributed by atoms with Gasteiger partial charge in [0.25, 0.3) is 0 Å². The van der Waals surface area contributed by atoms with Gasteiger partial charge in [-0.25, -0.2) is 9.97 Å². The summed E-state index contributed by atoms with van der Waals surface area (Å²) in [5.74, 6) is 0.553. The SMILES string of the molecule is CCCCCCCCNc1nccc(C#N)n1. The second-order valence-corrected chi connectivity index (χ2v) is 4.07. The lowest BCUT2D eigenvalue weighted by Gasteiger charge is -2.04. The molecule has 1 N–H and O–H groups in total. The third-order valence-electron chi connectivity index (χ3n) is 2.58. The van der Waals surface area contributed by atoms with Gasteiger partial charge >= 0.3 is 0 Å².